The van der Waals surface area contributed by atoms with Crippen LogP contribution in [0.1, 0.15) is 27.7 Å². The summed E-state index contributed by atoms with van der Waals surface area (Å²) in [5.41, 5.74) is 5.31. The molecule has 1 aromatic rings. The third-order valence-electron chi connectivity index (χ3n) is 1.20. The zero-order valence-corrected chi connectivity index (χ0v) is 8.78. The lowest BCUT2D eigenvalue weighted by Gasteiger charge is -2.16. The first kappa shape index (κ1) is 12.0. The summed E-state index contributed by atoms with van der Waals surface area (Å²) in [6.07, 6.45) is 3.25. The van der Waals surface area contributed by atoms with Gasteiger partial charge in [-0.25, -0.2) is 0 Å². The molecule has 0 aliphatic carbocycles. The van der Waals surface area contributed by atoms with Gasteiger partial charge in [-0.3, -0.25) is 4.68 Å². The number of hydrogen-bond acceptors (Lipinski definition) is 3. The topological polar surface area (TPSA) is 64.1 Å². The quantitative estimate of drug-likeness (QED) is 0.729. The molecule has 0 bridgehead atoms. The second-order valence-electron chi connectivity index (χ2n) is 3.28. The Bertz CT molecular complexity index is 237. The maximum Gasteiger partial charge on any atom is 0.0786 e. The number of nitrogen functional groups attached to an aromatic ring is 1. The van der Waals surface area contributed by atoms with Gasteiger partial charge in [0.2, 0.25) is 0 Å². The highest BCUT2D eigenvalue weighted by Gasteiger charge is 2.13. The predicted octanol–water partition coefficient (Wildman–Crippen LogP) is 1.26. The molecule has 0 fully saturated rings. The molecule has 1 rings (SSSR count). The van der Waals surface area contributed by atoms with Crippen molar-refractivity contribution in [2.24, 2.45) is 0 Å². The molecule has 4 nitrogen and oxygen atoms in total. The number of aromatic nitrogens is 2. The molecule has 0 amide bonds. The Morgan fingerprint density at radius 1 is 1.54 bits per heavy atom. The number of nitrogens with two attached hydrogens (primary N) is 1. The summed E-state index contributed by atoms with van der Waals surface area (Å²) < 4.78 is 1.62. The summed E-state index contributed by atoms with van der Waals surface area (Å²) >= 11 is 0. The highest BCUT2D eigenvalue weighted by atomic mass is 16.3. The molecule has 0 atom stereocenters. The lowest BCUT2D eigenvalue weighted by Crippen LogP contribution is -2.26. The van der Waals surface area contributed by atoms with Gasteiger partial charge >= 0.3 is 0 Å². The van der Waals surface area contributed by atoms with Crippen molar-refractivity contribution in [1.82, 2.24) is 9.78 Å². The molecule has 0 aromatic carbocycles. The number of anilines is 1. The fourth-order valence-electron chi connectivity index (χ4n) is 0.862. The molecule has 0 aliphatic heterocycles. The van der Waals surface area contributed by atoms with E-state index in [1.54, 1.807) is 30.9 Å². The van der Waals surface area contributed by atoms with E-state index < -0.39 is 5.60 Å². The summed E-state index contributed by atoms with van der Waals surface area (Å²) in [4.78, 5) is 0. The van der Waals surface area contributed by atoms with Gasteiger partial charge in [0.05, 0.1) is 24.0 Å². The fourth-order valence-corrected chi connectivity index (χ4v) is 0.862. The van der Waals surface area contributed by atoms with Crippen LogP contribution >= 0.6 is 0 Å². The molecule has 4 heteroatoms. The molecular formula is C9H19N3O. The van der Waals surface area contributed by atoms with Gasteiger partial charge in [0.1, 0.15) is 0 Å². The standard InChI is InChI=1S/C7H13N3O.C2H6/c1-7(2,11)5-10-4-6(8)3-9-10;1-2/h3-4,11H,5,8H2,1-2H3;1-2H3. The molecule has 0 saturated heterocycles. The van der Waals surface area contributed by atoms with Crippen molar-refractivity contribution in [2.45, 2.75) is 39.8 Å². The van der Waals surface area contributed by atoms with E-state index in [1.807, 2.05) is 13.8 Å². The van der Waals surface area contributed by atoms with Gasteiger partial charge in [0.15, 0.2) is 0 Å². The molecular weight excluding hydrogens is 166 g/mol. The van der Waals surface area contributed by atoms with Gasteiger partial charge in [0.25, 0.3) is 0 Å². The Kier molecular flexibility index (Phi) is 4.48. The Morgan fingerprint density at radius 2 is 2.08 bits per heavy atom. The van der Waals surface area contributed by atoms with Gasteiger partial charge in [-0.05, 0) is 13.8 Å². The van der Waals surface area contributed by atoms with Crippen LogP contribution in [0.15, 0.2) is 12.4 Å². The van der Waals surface area contributed by atoms with Crippen LogP contribution in [0.25, 0.3) is 0 Å². The zero-order chi connectivity index (χ0) is 10.5. The Morgan fingerprint density at radius 3 is 2.38 bits per heavy atom. The molecule has 0 unspecified atom stereocenters. The van der Waals surface area contributed by atoms with Crippen LogP contribution in [0.4, 0.5) is 5.69 Å². The summed E-state index contributed by atoms with van der Waals surface area (Å²) in [6.45, 7) is 7.92. The summed E-state index contributed by atoms with van der Waals surface area (Å²) in [7, 11) is 0. The lowest BCUT2D eigenvalue weighted by molar-refractivity contribution is 0.0578. The van der Waals surface area contributed by atoms with Gasteiger partial charge in [0, 0.05) is 6.20 Å². The number of rotatable bonds is 2. The SMILES string of the molecule is CC.CC(C)(O)Cn1cc(N)cn1. The first-order chi connectivity index (χ1) is 5.97. The molecule has 3 N–H and O–H groups in total. The van der Waals surface area contributed by atoms with Gasteiger partial charge in [-0.15, -0.1) is 0 Å². The summed E-state index contributed by atoms with van der Waals surface area (Å²) in [6, 6.07) is 0. The molecule has 0 saturated carbocycles. The van der Waals surface area contributed by atoms with Crippen LogP contribution in [0.3, 0.4) is 0 Å². The monoisotopic (exact) mass is 185 g/mol. The predicted molar refractivity (Wildman–Crippen MR) is 54.3 cm³/mol. The van der Waals surface area contributed by atoms with E-state index in [4.69, 9.17) is 5.73 Å². The Labute approximate surface area is 79.4 Å². The maximum atomic E-state index is 9.38. The minimum atomic E-state index is -0.738. The Hall–Kier alpha value is -1.03. The van der Waals surface area contributed by atoms with Gasteiger partial charge in [-0.1, -0.05) is 13.8 Å². The highest BCUT2D eigenvalue weighted by Crippen LogP contribution is 2.06. The van der Waals surface area contributed by atoms with Crippen LogP contribution in [-0.4, -0.2) is 20.5 Å². The molecule has 13 heavy (non-hydrogen) atoms. The highest BCUT2D eigenvalue weighted by molar-refractivity contribution is 5.30. The van der Waals surface area contributed by atoms with Crippen molar-refractivity contribution in [3.05, 3.63) is 12.4 Å². The second-order valence-corrected chi connectivity index (χ2v) is 3.28. The van der Waals surface area contributed by atoms with E-state index >= 15 is 0 Å². The summed E-state index contributed by atoms with van der Waals surface area (Å²) in [5, 5.41) is 13.3. The van der Waals surface area contributed by atoms with Crippen LogP contribution in [-0.2, 0) is 6.54 Å². The van der Waals surface area contributed by atoms with Crippen molar-refractivity contribution in [3.63, 3.8) is 0 Å². The lowest BCUT2D eigenvalue weighted by atomic mass is 10.1. The summed E-state index contributed by atoms with van der Waals surface area (Å²) in [5.74, 6) is 0. The van der Waals surface area contributed by atoms with Gasteiger partial charge < -0.3 is 10.8 Å². The third-order valence-corrected chi connectivity index (χ3v) is 1.20. The second kappa shape index (κ2) is 4.87. The Balaban J connectivity index is 0.000000671. The van der Waals surface area contributed by atoms with Crippen molar-refractivity contribution in [3.8, 4) is 0 Å². The molecule has 0 radical (unpaired) electrons. The van der Waals surface area contributed by atoms with Crippen LogP contribution < -0.4 is 5.73 Å². The van der Waals surface area contributed by atoms with E-state index in [0.717, 1.165) is 0 Å². The van der Waals surface area contributed by atoms with Crippen LogP contribution in [0, 0.1) is 0 Å². The third kappa shape index (κ3) is 5.25. The van der Waals surface area contributed by atoms with E-state index in [-0.39, 0.29) is 0 Å². The van der Waals surface area contributed by atoms with E-state index in [1.165, 1.54) is 0 Å². The minimum Gasteiger partial charge on any atom is -0.396 e. The van der Waals surface area contributed by atoms with E-state index in [2.05, 4.69) is 5.10 Å². The molecule has 1 heterocycles. The van der Waals surface area contributed by atoms with Gasteiger partial charge in [-0.2, -0.15) is 5.10 Å². The smallest absolute Gasteiger partial charge is 0.0786 e. The minimum absolute atomic E-state index is 0.462. The largest absolute Gasteiger partial charge is 0.396 e. The zero-order valence-electron chi connectivity index (χ0n) is 8.78. The average molecular weight is 185 g/mol. The van der Waals surface area contributed by atoms with E-state index in [9.17, 15) is 5.11 Å². The van der Waals surface area contributed by atoms with Crippen molar-refractivity contribution in [1.29, 1.82) is 0 Å². The first-order valence-corrected chi connectivity index (χ1v) is 4.48. The molecule has 1 aromatic heterocycles. The number of nitrogens with zero attached hydrogens (tertiary/aromatic N) is 2. The number of hydrogen-bond donors (Lipinski definition) is 2. The fraction of sp³-hybridized carbons (Fsp3) is 0.667. The average Bonchev–Trinajstić information content (AvgIpc) is 2.36. The maximum absolute atomic E-state index is 9.38. The molecule has 0 spiro atoms. The van der Waals surface area contributed by atoms with Crippen molar-refractivity contribution >= 4 is 5.69 Å². The molecule has 76 valence electrons. The van der Waals surface area contributed by atoms with Crippen LogP contribution in [0.2, 0.25) is 0 Å². The normalized spacial score (nSPS) is 10.5. The van der Waals surface area contributed by atoms with Crippen molar-refractivity contribution < 1.29 is 5.11 Å². The first-order valence-electron chi connectivity index (χ1n) is 4.48. The van der Waals surface area contributed by atoms with Crippen LogP contribution in [0.5, 0.6) is 0 Å². The molecule has 0 aliphatic rings. The van der Waals surface area contributed by atoms with Crippen molar-refractivity contribution in [2.75, 3.05) is 5.73 Å². The number of aliphatic hydroxyl groups is 1. The van der Waals surface area contributed by atoms with E-state index in [0.29, 0.717) is 12.2 Å².